The summed E-state index contributed by atoms with van der Waals surface area (Å²) in [5.41, 5.74) is 1.10. The number of hydrogen-bond acceptors (Lipinski definition) is 5. The smallest absolute Gasteiger partial charge is 0.251 e. The number of aromatic nitrogens is 2. The van der Waals surface area contributed by atoms with Crippen molar-refractivity contribution < 1.29 is 17.9 Å². The van der Waals surface area contributed by atoms with Gasteiger partial charge in [-0.3, -0.25) is 0 Å². The molecule has 0 aliphatic rings. The van der Waals surface area contributed by atoms with Crippen LogP contribution < -0.4 is 10.1 Å². The van der Waals surface area contributed by atoms with Crippen LogP contribution in [0.5, 0.6) is 5.75 Å². The van der Waals surface area contributed by atoms with Gasteiger partial charge in [0, 0.05) is 11.8 Å². The first-order chi connectivity index (χ1) is 11.2. The van der Waals surface area contributed by atoms with E-state index >= 15 is 0 Å². The largest absolute Gasteiger partial charge is 0.496 e. The Bertz CT molecular complexity index is 821. The Kier molecular flexibility index (Phi) is 4.18. The quantitative estimate of drug-likeness (QED) is 0.778. The fourth-order valence-electron chi connectivity index (χ4n) is 2.04. The molecule has 0 saturated carbocycles. The van der Waals surface area contributed by atoms with Crippen LogP contribution >= 0.6 is 0 Å². The highest BCUT2D eigenvalue weighted by Crippen LogP contribution is 2.28. The van der Waals surface area contributed by atoms with E-state index in [1.54, 1.807) is 19.2 Å². The molecule has 0 atom stereocenters. The first-order valence-electron chi connectivity index (χ1n) is 6.82. The molecule has 3 aromatic rings. The van der Waals surface area contributed by atoms with Gasteiger partial charge in [-0.25, -0.2) is 8.78 Å². The van der Waals surface area contributed by atoms with Crippen molar-refractivity contribution in [1.29, 1.82) is 0 Å². The molecule has 2 aromatic carbocycles. The van der Waals surface area contributed by atoms with E-state index in [1.807, 2.05) is 12.1 Å². The highest BCUT2D eigenvalue weighted by molar-refractivity contribution is 5.62. The minimum Gasteiger partial charge on any atom is -0.496 e. The summed E-state index contributed by atoms with van der Waals surface area (Å²) in [6.45, 7) is 0.188. The second kappa shape index (κ2) is 6.43. The summed E-state index contributed by atoms with van der Waals surface area (Å²) in [6, 6.07) is 10.8. The molecule has 0 saturated heterocycles. The third-order valence-corrected chi connectivity index (χ3v) is 3.17. The summed E-state index contributed by atoms with van der Waals surface area (Å²) in [7, 11) is 1.56. The van der Waals surface area contributed by atoms with Crippen LogP contribution in [0.25, 0.3) is 11.5 Å². The summed E-state index contributed by atoms with van der Waals surface area (Å²) in [5, 5.41) is 10.8. The Labute approximate surface area is 130 Å². The van der Waals surface area contributed by atoms with E-state index in [9.17, 15) is 8.78 Å². The van der Waals surface area contributed by atoms with Gasteiger partial charge in [-0.2, -0.15) is 0 Å². The number of anilines is 1. The zero-order valence-electron chi connectivity index (χ0n) is 12.2. The van der Waals surface area contributed by atoms with E-state index in [4.69, 9.17) is 9.15 Å². The summed E-state index contributed by atoms with van der Waals surface area (Å²) >= 11 is 0. The van der Waals surface area contributed by atoms with Gasteiger partial charge in [-0.1, -0.05) is 12.1 Å². The summed E-state index contributed by atoms with van der Waals surface area (Å²) in [5.74, 6) is -0.557. The number of hydrogen-bond donors (Lipinski definition) is 1. The fourth-order valence-corrected chi connectivity index (χ4v) is 2.04. The summed E-state index contributed by atoms with van der Waals surface area (Å²) < 4.78 is 36.8. The lowest BCUT2D eigenvalue weighted by Crippen LogP contribution is -2.00. The number of benzene rings is 2. The average molecular weight is 317 g/mol. The molecule has 0 aliphatic heterocycles. The van der Waals surface area contributed by atoms with E-state index in [1.165, 1.54) is 6.07 Å². The first kappa shape index (κ1) is 15.0. The highest BCUT2D eigenvalue weighted by Gasteiger charge is 2.13. The van der Waals surface area contributed by atoms with E-state index in [2.05, 4.69) is 15.5 Å². The Morgan fingerprint density at radius 2 is 1.91 bits per heavy atom. The van der Waals surface area contributed by atoms with Crippen molar-refractivity contribution in [2.75, 3.05) is 12.4 Å². The molecule has 0 radical (unpaired) electrons. The van der Waals surface area contributed by atoms with Gasteiger partial charge >= 0.3 is 0 Å². The third-order valence-electron chi connectivity index (χ3n) is 3.17. The van der Waals surface area contributed by atoms with Crippen molar-refractivity contribution in [2.24, 2.45) is 0 Å². The van der Waals surface area contributed by atoms with Gasteiger partial charge in [0.05, 0.1) is 19.2 Å². The number of methoxy groups -OCH3 is 1. The molecule has 0 bridgehead atoms. The fraction of sp³-hybridized carbons (Fsp3) is 0.125. The predicted molar refractivity (Wildman–Crippen MR) is 80.0 cm³/mol. The molecule has 0 aliphatic carbocycles. The van der Waals surface area contributed by atoms with Crippen molar-refractivity contribution in [3.63, 3.8) is 0 Å². The molecular weight excluding hydrogens is 304 g/mol. The van der Waals surface area contributed by atoms with E-state index < -0.39 is 11.6 Å². The maximum atomic E-state index is 13.1. The molecule has 1 N–H and O–H groups in total. The van der Waals surface area contributed by atoms with Crippen LogP contribution in [0, 0.1) is 11.6 Å². The Morgan fingerprint density at radius 3 is 2.70 bits per heavy atom. The normalized spacial score (nSPS) is 10.6. The van der Waals surface area contributed by atoms with E-state index in [0.29, 0.717) is 28.8 Å². The third kappa shape index (κ3) is 3.28. The van der Waals surface area contributed by atoms with Crippen LogP contribution in [0.15, 0.2) is 46.9 Å². The van der Waals surface area contributed by atoms with Gasteiger partial charge in [0.15, 0.2) is 11.6 Å². The van der Waals surface area contributed by atoms with Gasteiger partial charge < -0.3 is 14.5 Å². The molecule has 7 heteroatoms. The molecular formula is C16H13F2N3O2. The molecule has 1 heterocycles. The van der Waals surface area contributed by atoms with Gasteiger partial charge in [-0.05, 0) is 24.3 Å². The number of para-hydroxylation sites is 1. The minimum absolute atomic E-state index is 0.188. The Morgan fingerprint density at radius 1 is 1.09 bits per heavy atom. The van der Waals surface area contributed by atoms with E-state index in [-0.39, 0.29) is 6.54 Å². The maximum Gasteiger partial charge on any atom is 0.251 e. The van der Waals surface area contributed by atoms with Gasteiger partial charge in [-0.15, -0.1) is 10.2 Å². The SMILES string of the molecule is COc1ccccc1-c1nnc(CNc2ccc(F)c(F)c2)o1. The van der Waals surface area contributed by atoms with Crippen LogP contribution in [0.4, 0.5) is 14.5 Å². The van der Waals surface area contributed by atoms with Crippen LogP contribution in [0.3, 0.4) is 0 Å². The maximum absolute atomic E-state index is 13.1. The van der Waals surface area contributed by atoms with E-state index in [0.717, 1.165) is 12.1 Å². The molecule has 118 valence electrons. The van der Waals surface area contributed by atoms with Crippen LogP contribution in [-0.4, -0.2) is 17.3 Å². The molecule has 3 rings (SSSR count). The lowest BCUT2D eigenvalue weighted by atomic mass is 10.2. The minimum atomic E-state index is -0.921. The number of nitrogens with zero attached hydrogens (tertiary/aromatic N) is 2. The first-order valence-corrected chi connectivity index (χ1v) is 6.82. The molecule has 0 fully saturated rings. The van der Waals surface area contributed by atoms with Crippen molar-refractivity contribution in [3.8, 4) is 17.2 Å². The highest BCUT2D eigenvalue weighted by atomic mass is 19.2. The second-order valence-corrected chi connectivity index (χ2v) is 4.68. The lowest BCUT2D eigenvalue weighted by molar-refractivity contribution is 0.413. The topological polar surface area (TPSA) is 60.2 Å². The average Bonchev–Trinajstić information content (AvgIpc) is 3.04. The summed E-state index contributed by atoms with van der Waals surface area (Å²) in [6.07, 6.45) is 0. The van der Waals surface area contributed by atoms with Crippen molar-refractivity contribution >= 4 is 5.69 Å². The number of rotatable bonds is 5. The Balaban J connectivity index is 1.73. The van der Waals surface area contributed by atoms with Gasteiger partial charge in [0.25, 0.3) is 5.89 Å². The molecule has 23 heavy (non-hydrogen) atoms. The van der Waals surface area contributed by atoms with Gasteiger partial charge in [0.1, 0.15) is 5.75 Å². The molecule has 0 unspecified atom stereocenters. The van der Waals surface area contributed by atoms with Crippen molar-refractivity contribution in [3.05, 3.63) is 60.0 Å². The van der Waals surface area contributed by atoms with Crippen LogP contribution in [0.2, 0.25) is 0 Å². The molecule has 1 aromatic heterocycles. The molecule has 0 amide bonds. The molecule has 5 nitrogen and oxygen atoms in total. The van der Waals surface area contributed by atoms with Crippen molar-refractivity contribution in [2.45, 2.75) is 6.54 Å². The standard InChI is InChI=1S/C16H13F2N3O2/c1-22-14-5-3-2-4-11(14)16-21-20-15(23-16)9-19-10-6-7-12(17)13(18)8-10/h2-8,19H,9H2,1H3. The summed E-state index contributed by atoms with van der Waals surface area (Å²) in [4.78, 5) is 0. The molecule has 0 spiro atoms. The van der Waals surface area contributed by atoms with Gasteiger partial charge in [0.2, 0.25) is 5.89 Å². The number of ether oxygens (including phenoxy) is 1. The van der Waals surface area contributed by atoms with Crippen molar-refractivity contribution in [1.82, 2.24) is 10.2 Å². The van der Waals surface area contributed by atoms with Crippen LogP contribution in [-0.2, 0) is 6.54 Å². The Hall–Kier alpha value is -2.96. The second-order valence-electron chi connectivity index (χ2n) is 4.68. The zero-order chi connectivity index (χ0) is 16.2. The monoisotopic (exact) mass is 317 g/mol. The lowest BCUT2D eigenvalue weighted by Gasteiger charge is -2.04. The number of halogens is 2. The predicted octanol–water partition coefficient (Wildman–Crippen LogP) is 3.64. The number of nitrogens with one attached hydrogen (secondary N) is 1. The van der Waals surface area contributed by atoms with Crippen LogP contribution in [0.1, 0.15) is 5.89 Å². The zero-order valence-corrected chi connectivity index (χ0v) is 12.2.